The highest BCUT2D eigenvalue weighted by Gasteiger charge is 2.44. The summed E-state index contributed by atoms with van der Waals surface area (Å²) >= 11 is 9.29. The van der Waals surface area contributed by atoms with E-state index < -0.39 is 5.41 Å². The van der Waals surface area contributed by atoms with Crippen LogP contribution >= 0.6 is 27.5 Å². The first-order valence-electron chi connectivity index (χ1n) is 5.25. The number of hydrogen-bond donors (Lipinski definition) is 1. The lowest BCUT2D eigenvalue weighted by molar-refractivity contribution is -0.126. The molecule has 0 bridgehead atoms. The Bertz CT molecular complexity index is 506. The van der Waals surface area contributed by atoms with Gasteiger partial charge < -0.3 is 5.32 Å². The highest BCUT2D eigenvalue weighted by Crippen LogP contribution is 2.41. The molecule has 0 aliphatic heterocycles. The maximum atomic E-state index is 12.0. The van der Waals surface area contributed by atoms with Crippen LogP contribution in [0.3, 0.4) is 0 Å². The summed E-state index contributed by atoms with van der Waals surface area (Å²) in [6.07, 6.45) is 2.18. The summed E-state index contributed by atoms with van der Waals surface area (Å²) in [6.45, 7) is 0. The first-order chi connectivity index (χ1) is 8.07. The number of hydrogen-bond acceptors (Lipinski definition) is 2. The molecule has 1 aliphatic carbocycles. The zero-order valence-electron chi connectivity index (χ0n) is 8.96. The van der Waals surface area contributed by atoms with Crippen molar-refractivity contribution < 1.29 is 4.79 Å². The minimum absolute atomic E-state index is 0.254. The molecule has 0 aromatic heterocycles. The SMILES string of the molecule is N#CC1(C(=O)Nc2ccc(Br)cc2Cl)CCC1. The van der Waals surface area contributed by atoms with Gasteiger partial charge in [0.05, 0.1) is 16.8 Å². The van der Waals surface area contributed by atoms with Crippen LogP contribution < -0.4 is 5.32 Å². The number of nitriles is 1. The molecule has 5 heteroatoms. The van der Waals surface area contributed by atoms with Gasteiger partial charge in [0, 0.05) is 4.47 Å². The van der Waals surface area contributed by atoms with Crippen LogP contribution in [0.5, 0.6) is 0 Å². The fourth-order valence-electron chi connectivity index (χ4n) is 1.75. The molecule has 0 atom stereocenters. The Kier molecular flexibility index (Phi) is 3.41. The Labute approximate surface area is 113 Å². The molecule has 0 unspecified atom stereocenters. The Morgan fingerprint density at radius 2 is 2.24 bits per heavy atom. The van der Waals surface area contributed by atoms with Crippen LogP contribution in [0.2, 0.25) is 5.02 Å². The molecular formula is C12H10BrClN2O. The second-order valence-corrected chi connectivity index (χ2v) is 5.45. The standard InChI is InChI=1S/C12H10BrClN2O/c13-8-2-3-10(9(14)6-8)16-11(17)12(7-15)4-1-5-12/h2-3,6H,1,4-5H2,(H,16,17). The van der Waals surface area contributed by atoms with Gasteiger partial charge in [-0.1, -0.05) is 27.5 Å². The number of anilines is 1. The van der Waals surface area contributed by atoms with E-state index in [9.17, 15) is 4.79 Å². The normalized spacial score (nSPS) is 16.8. The first-order valence-corrected chi connectivity index (χ1v) is 6.42. The summed E-state index contributed by atoms with van der Waals surface area (Å²) < 4.78 is 0.846. The Hall–Kier alpha value is -1.05. The molecule has 1 N–H and O–H groups in total. The molecule has 1 saturated carbocycles. The van der Waals surface area contributed by atoms with E-state index in [1.54, 1.807) is 18.2 Å². The lowest BCUT2D eigenvalue weighted by Crippen LogP contribution is -2.40. The summed E-state index contributed by atoms with van der Waals surface area (Å²) in [7, 11) is 0. The van der Waals surface area contributed by atoms with Gasteiger partial charge in [-0.15, -0.1) is 0 Å². The van der Waals surface area contributed by atoms with Crippen molar-refractivity contribution in [2.24, 2.45) is 5.41 Å². The third kappa shape index (κ3) is 2.31. The number of carbonyl (C=O) groups excluding carboxylic acids is 1. The molecule has 17 heavy (non-hydrogen) atoms. The average molecular weight is 314 g/mol. The fraction of sp³-hybridized carbons (Fsp3) is 0.333. The Morgan fingerprint density at radius 1 is 1.53 bits per heavy atom. The number of benzene rings is 1. The number of halogens is 2. The number of nitrogens with zero attached hydrogens (tertiary/aromatic N) is 1. The summed E-state index contributed by atoms with van der Waals surface area (Å²) in [5, 5.41) is 12.2. The fourth-order valence-corrected chi connectivity index (χ4v) is 2.47. The lowest BCUT2D eigenvalue weighted by atomic mass is 9.69. The molecule has 3 nitrogen and oxygen atoms in total. The van der Waals surface area contributed by atoms with Crippen molar-refractivity contribution in [2.75, 3.05) is 5.32 Å². The third-order valence-corrected chi connectivity index (χ3v) is 3.84. The quantitative estimate of drug-likeness (QED) is 0.904. The van der Waals surface area contributed by atoms with Gasteiger partial charge in [0.2, 0.25) is 5.91 Å². The van der Waals surface area contributed by atoms with Crippen molar-refractivity contribution in [1.82, 2.24) is 0 Å². The van der Waals surface area contributed by atoms with E-state index >= 15 is 0 Å². The summed E-state index contributed by atoms with van der Waals surface area (Å²) in [6, 6.07) is 7.32. The average Bonchev–Trinajstić information content (AvgIpc) is 2.21. The Balaban J connectivity index is 2.16. The molecule has 0 heterocycles. The highest BCUT2D eigenvalue weighted by atomic mass is 79.9. The van der Waals surface area contributed by atoms with Crippen LogP contribution in [0.4, 0.5) is 5.69 Å². The molecule has 1 amide bonds. The van der Waals surface area contributed by atoms with Gasteiger partial charge in [-0.3, -0.25) is 4.79 Å². The van der Waals surface area contributed by atoms with Crippen LogP contribution in [0.25, 0.3) is 0 Å². The molecule has 2 rings (SSSR count). The van der Waals surface area contributed by atoms with Crippen LogP contribution in [-0.4, -0.2) is 5.91 Å². The minimum atomic E-state index is -0.851. The smallest absolute Gasteiger partial charge is 0.244 e. The number of rotatable bonds is 2. The molecule has 0 radical (unpaired) electrons. The van der Waals surface area contributed by atoms with Gasteiger partial charge in [-0.25, -0.2) is 0 Å². The van der Waals surface area contributed by atoms with Gasteiger partial charge in [0.25, 0.3) is 0 Å². The summed E-state index contributed by atoms with van der Waals surface area (Å²) in [5.74, 6) is -0.254. The number of amides is 1. The van der Waals surface area contributed by atoms with Crippen molar-refractivity contribution in [1.29, 1.82) is 5.26 Å². The van der Waals surface area contributed by atoms with Crippen molar-refractivity contribution in [3.63, 3.8) is 0 Å². The van der Waals surface area contributed by atoms with Gasteiger partial charge in [0.15, 0.2) is 0 Å². The number of carbonyl (C=O) groups is 1. The molecule has 1 aliphatic rings. The van der Waals surface area contributed by atoms with E-state index in [2.05, 4.69) is 27.3 Å². The number of nitrogens with one attached hydrogen (secondary N) is 1. The van der Waals surface area contributed by atoms with Gasteiger partial charge in [-0.05, 0) is 37.5 Å². The topological polar surface area (TPSA) is 52.9 Å². The third-order valence-electron chi connectivity index (χ3n) is 3.04. The predicted octanol–water partition coefficient (Wildman–Crippen LogP) is 3.73. The summed E-state index contributed by atoms with van der Waals surface area (Å²) in [5.41, 5.74) is -0.308. The van der Waals surface area contributed by atoms with Gasteiger partial charge >= 0.3 is 0 Å². The van der Waals surface area contributed by atoms with Crippen LogP contribution in [0, 0.1) is 16.7 Å². The highest BCUT2D eigenvalue weighted by molar-refractivity contribution is 9.10. The predicted molar refractivity (Wildman–Crippen MR) is 69.7 cm³/mol. The van der Waals surface area contributed by atoms with E-state index in [0.29, 0.717) is 23.6 Å². The summed E-state index contributed by atoms with van der Waals surface area (Å²) in [4.78, 5) is 12.0. The first kappa shape index (κ1) is 12.4. The van der Waals surface area contributed by atoms with Crippen molar-refractivity contribution in [2.45, 2.75) is 19.3 Å². The van der Waals surface area contributed by atoms with Crippen molar-refractivity contribution >= 4 is 39.1 Å². The van der Waals surface area contributed by atoms with Crippen molar-refractivity contribution in [3.8, 4) is 6.07 Å². The van der Waals surface area contributed by atoms with Crippen LogP contribution in [-0.2, 0) is 4.79 Å². The molecule has 0 spiro atoms. The van der Waals surface area contributed by atoms with E-state index in [4.69, 9.17) is 16.9 Å². The maximum Gasteiger partial charge on any atom is 0.244 e. The van der Waals surface area contributed by atoms with E-state index in [0.717, 1.165) is 10.9 Å². The van der Waals surface area contributed by atoms with Crippen LogP contribution in [0.1, 0.15) is 19.3 Å². The van der Waals surface area contributed by atoms with Crippen LogP contribution in [0.15, 0.2) is 22.7 Å². The molecule has 1 fully saturated rings. The molecule has 0 saturated heterocycles. The largest absolute Gasteiger partial charge is 0.323 e. The molecule has 88 valence electrons. The Morgan fingerprint density at radius 3 is 2.71 bits per heavy atom. The minimum Gasteiger partial charge on any atom is -0.323 e. The second-order valence-electron chi connectivity index (χ2n) is 4.13. The van der Waals surface area contributed by atoms with Gasteiger partial charge in [-0.2, -0.15) is 5.26 Å². The van der Waals surface area contributed by atoms with Gasteiger partial charge in [0.1, 0.15) is 5.41 Å². The monoisotopic (exact) mass is 312 g/mol. The van der Waals surface area contributed by atoms with Crippen molar-refractivity contribution in [3.05, 3.63) is 27.7 Å². The molecular weight excluding hydrogens is 304 g/mol. The van der Waals surface area contributed by atoms with E-state index in [-0.39, 0.29) is 5.91 Å². The zero-order chi connectivity index (χ0) is 12.5. The molecule has 1 aromatic rings. The van der Waals surface area contributed by atoms with E-state index in [1.807, 2.05) is 0 Å². The lowest BCUT2D eigenvalue weighted by Gasteiger charge is -2.33. The maximum absolute atomic E-state index is 12.0. The molecule has 1 aromatic carbocycles. The second kappa shape index (κ2) is 4.67. The van der Waals surface area contributed by atoms with E-state index in [1.165, 1.54) is 0 Å². The zero-order valence-corrected chi connectivity index (χ0v) is 11.3.